The molecular weight excluding hydrogens is 378 g/mol. The van der Waals surface area contributed by atoms with Crippen LogP contribution in [0.1, 0.15) is 29.6 Å². The summed E-state index contributed by atoms with van der Waals surface area (Å²) in [6.45, 7) is 0. The normalized spacial score (nSPS) is 28.0. The van der Waals surface area contributed by atoms with Crippen molar-refractivity contribution in [3.8, 4) is 5.75 Å². The Hall–Kier alpha value is -2.66. The Bertz CT molecular complexity index is 958. The van der Waals surface area contributed by atoms with Crippen molar-refractivity contribution in [3.05, 3.63) is 59.1 Å². The number of benzene rings is 2. The van der Waals surface area contributed by atoms with E-state index in [9.17, 15) is 14.4 Å². The number of halogens is 1. The van der Waals surface area contributed by atoms with Gasteiger partial charge in [-0.2, -0.15) is 0 Å². The predicted molar refractivity (Wildman–Crippen MR) is 103 cm³/mol. The Kier molecular flexibility index (Phi) is 4.02. The van der Waals surface area contributed by atoms with Gasteiger partial charge in [-0.15, -0.1) is 0 Å². The highest BCUT2D eigenvalue weighted by atomic mass is 35.5. The van der Waals surface area contributed by atoms with Crippen LogP contribution >= 0.6 is 11.6 Å². The van der Waals surface area contributed by atoms with Gasteiger partial charge in [0.2, 0.25) is 11.8 Å². The fourth-order valence-electron chi connectivity index (χ4n) is 5.15. The van der Waals surface area contributed by atoms with Crippen LogP contribution in [0.2, 0.25) is 5.02 Å². The molecule has 5 rings (SSSR count). The molecule has 2 aromatic rings. The predicted octanol–water partition coefficient (Wildman–Crippen LogP) is 4.09. The van der Waals surface area contributed by atoms with Crippen molar-refractivity contribution in [2.24, 2.45) is 23.7 Å². The Balaban J connectivity index is 1.47. The van der Waals surface area contributed by atoms with Crippen molar-refractivity contribution >= 4 is 35.1 Å². The molecule has 0 aromatic heterocycles. The summed E-state index contributed by atoms with van der Waals surface area (Å²) >= 11 is 5.86. The quantitative estimate of drug-likeness (QED) is 0.446. The van der Waals surface area contributed by atoms with Gasteiger partial charge in [0.05, 0.1) is 23.1 Å². The molecule has 2 bridgehead atoms. The lowest BCUT2D eigenvalue weighted by Crippen LogP contribution is -2.34. The molecule has 4 atom stereocenters. The van der Waals surface area contributed by atoms with Gasteiger partial charge in [-0.25, -0.2) is 9.69 Å². The van der Waals surface area contributed by atoms with Gasteiger partial charge in [-0.3, -0.25) is 9.59 Å². The molecule has 1 aliphatic heterocycles. The Morgan fingerprint density at radius 3 is 2.18 bits per heavy atom. The summed E-state index contributed by atoms with van der Waals surface area (Å²) in [6.07, 6.45) is 3.00. The van der Waals surface area contributed by atoms with E-state index in [0.717, 1.165) is 19.3 Å². The molecule has 5 nitrogen and oxygen atoms in total. The SMILES string of the molecule is O=C(Oc1ccc(Cl)cc1)c1ccccc1N1C(=O)C2C3CCC(C3)C2C1=O. The number of fused-ring (bicyclic) bond motifs is 5. The second-order valence-electron chi connectivity index (χ2n) is 7.76. The van der Waals surface area contributed by atoms with Gasteiger partial charge < -0.3 is 4.74 Å². The summed E-state index contributed by atoms with van der Waals surface area (Å²) in [5.74, 6) is -0.480. The monoisotopic (exact) mass is 395 g/mol. The third-order valence-electron chi connectivity index (χ3n) is 6.32. The van der Waals surface area contributed by atoms with Crippen LogP contribution in [0.15, 0.2) is 48.5 Å². The molecule has 1 heterocycles. The molecule has 2 amide bonds. The second kappa shape index (κ2) is 6.45. The van der Waals surface area contributed by atoms with E-state index < -0.39 is 5.97 Å². The average Bonchev–Trinajstić information content (AvgIpc) is 3.37. The maximum Gasteiger partial charge on any atom is 0.345 e. The molecule has 142 valence electrons. The standard InChI is InChI=1S/C22H18ClNO4/c23-14-7-9-15(10-8-14)28-22(27)16-3-1-2-4-17(16)24-20(25)18-12-5-6-13(11-12)19(18)21(24)26/h1-4,7-10,12-13,18-19H,5-6,11H2. The van der Waals surface area contributed by atoms with Crippen molar-refractivity contribution in [1.29, 1.82) is 0 Å². The molecule has 0 N–H and O–H groups in total. The first-order valence-electron chi connectivity index (χ1n) is 9.49. The first-order valence-corrected chi connectivity index (χ1v) is 9.87. The minimum absolute atomic E-state index is 0.172. The zero-order valence-corrected chi connectivity index (χ0v) is 15.8. The first kappa shape index (κ1) is 17.4. The van der Waals surface area contributed by atoms with E-state index in [2.05, 4.69) is 0 Å². The molecule has 2 aromatic carbocycles. The van der Waals surface area contributed by atoms with Crippen LogP contribution in [-0.4, -0.2) is 17.8 Å². The molecule has 1 saturated heterocycles. The molecular formula is C22H18ClNO4. The van der Waals surface area contributed by atoms with Gasteiger partial charge >= 0.3 is 5.97 Å². The minimum atomic E-state index is -0.612. The van der Waals surface area contributed by atoms with Crippen LogP contribution in [0.4, 0.5) is 5.69 Å². The van der Waals surface area contributed by atoms with Crippen molar-refractivity contribution in [2.75, 3.05) is 4.90 Å². The zero-order valence-electron chi connectivity index (χ0n) is 15.0. The van der Waals surface area contributed by atoms with E-state index in [0.29, 0.717) is 28.3 Å². The summed E-state index contributed by atoms with van der Waals surface area (Å²) in [5, 5.41) is 0.537. The van der Waals surface area contributed by atoms with Gasteiger partial charge in [0.1, 0.15) is 5.75 Å². The maximum absolute atomic E-state index is 13.1. The number of amides is 2. The molecule has 3 aliphatic rings. The van der Waals surface area contributed by atoms with Crippen LogP contribution in [0, 0.1) is 23.7 Å². The molecule has 2 aliphatic carbocycles. The summed E-state index contributed by atoms with van der Waals surface area (Å²) in [5.41, 5.74) is 0.511. The second-order valence-corrected chi connectivity index (χ2v) is 8.19. The highest BCUT2D eigenvalue weighted by Crippen LogP contribution is 2.56. The van der Waals surface area contributed by atoms with Gasteiger partial charge in [0.25, 0.3) is 0 Å². The largest absolute Gasteiger partial charge is 0.423 e. The number of rotatable bonds is 3. The van der Waals surface area contributed by atoms with E-state index in [1.165, 1.54) is 4.90 Å². The summed E-state index contributed by atoms with van der Waals surface area (Å²) in [4.78, 5) is 40.2. The number of para-hydroxylation sites is 1. The van der Waals surface area contributed by atoms with Gasteiger partial charge in [-0.1, -0.05) is 23.7 Å². The van der Waals surface area contributed by atoms with Crippen molar-refractivity contribution in [3.63, 3.8) is 0 Å². The van der Waals surface area contributed by atoms with Crippen LogP contribution < -0.4 is 9.64 Å². The third kappa shape index (κ3) is 2.57. The van der Waals surface area contributed by atoms with E-state index in [1.54, 1.807) is 48.5 Å². The van der Waals surface area contributed by atoms with Crippen LogP contribution in [-0.2, 0) is 9.59 Å². The molecule has 0 radical (unpaired) electrons. The van der Waals surface area contributed by atoms with Crippen LogP contribution in [0.25, 0.3) is 0 Å². The van der Waals surface area contributed by atoms with E-state index in [-0.39, 0.29) is 29.2 Å². The number of esters is 1. The Morgan fingerprint density at radius 2 is 1.54 bits per heavy atom. The molecule has 3 fully saturated rings. The smallest absolute Gasteiger partial charge is 0.345 e. The highest BCUT2D eigenvalue weighted by Gasteiger charge is 2.61. The van der Waals surface area contributed by atoms with Gasteiger partial charge in [0, 0.05) is 5.02 Å². The number of carbonyl (C=O) groups excluding carboxylic acids is 3. The third-order valence-corrected chi connectivity index (χ3v) is 6.57. The zero-order chi connectivity index (χ0) is 19.4. The summed E-state index contributed by atoms with van der Waals surface area (Å²) < 4.78 is 5.43. The number of nitrogens with zero attached hydrogens (tertiary/aromatic N) is 1. The van der Waals surface area contributed by atoms with Gasteiger partial charge in [0.15, 0.2) is 0 Å². The molecule has 0 spiro atoms. The topological polar surface area (TPSA) is 63.7 Å². The molecule has 2 saturated carbocycles. The molecule has 4 unspecified atom stereocenters. The number of ether oxygens (including phenoxy) is 1. The number of hydrogen-bond donors (Lipinski definition) is 0. The van der Waals surface area contributed by atoms with Crippen molar-refractivity contribution in [2.45, 2.75) is 19.3 Å². The lowest BCUT2D eigenvalue weighted by molar-refractivity contribution is -0.123. The maximum atomic E-state index is 13.1. The fourth-order valence-corrected chi connectivity index (χ4v) is 5.28. The lowest BCUT2D eigenvalue weighted by atomic mass is 9.81. The number of anilines is 1. The summed E-state index contributed by atoms with van der Waals surface area (Å²) in [7, 11) is 0. The number of carbonyl (C=O) groups is 3. The molecule has 6 heteroatoms. The Labute approximate surface area is 167 Å². The van der Waals surface area contributed by atoms with Crippen molar-refractivity contribution in [1.82, 2.24) is 0 Å². The van der Waals surface area contributed by atoms with Crippen molar-refractivity contribution < 1.29 is 19.1 Å². The highest BCUT2D eigenvalue weighted by molar-refractivity contribution is 6.30. The lowest BCUT2D eigenvalue weighted by Gasteiger charge is -2.19. The minimum Gasteiger partial charge on any atom is -0.423 e. The fraction of sp³-hybridized carbons (Fsp3) is 0.318. The van der Waals surface area contributed by atoms with Crippen LogP contribution in [0.3, 0.4) is 0 Å². The van der Waals surface area contributed by atoms with Crippen LogP contribution in [0.5, 0.6) is 5.75 Å². The summed E-state index contributed by atoms with van der Waals surface area (Å²) in [6, 6.07) is 13.1. The average molecular weight is 396 g/mol. The first-order chi connectivity index (χ1) is 13.5. The van der Waals surface area contributed by atoms with Gasteiger partial charge in [-0.05, 0) is 67.5 Å². The van der Waals surface area contributed by atoms with E-state index >= 15 is 0 Å². The van der Waals surface area contributed by atoms with E-state index in [4.69, 9.17) is 16.3 Å². The van der Waals surface area contributed by atoms with E-state index in [1.807, 2.05) is 0 Å². The Morgan fingerprint density at radius 1 is 0.929 bits per heavy atom. The number of imide groups is 1. The molecule has 28 heavy (non-hydrogen) atoms. The number of hydrogen-bond acceptors (Lipinski definition) is 4.